The molecule has 130 valence electrons. The van der Waals surface area contributed by atoms with Crippen molar-refractivity contribution in [1.29, 1.82) is 0 Å². The molecule has 2 N–H and O–H groups in total. The standard InChI is InChI=1S/C18H17FN2O3S/c1-12(8-16-17(18(22)23)21-11-25-16)10-24-15-6-5-13(9-14(15)19)4-3-7-20-2/h5-6,8-9,11,20H,7,10H2,1-2H3,(H,22,23)/b12-8+. The van der Waals surface area contributed by atoms with Crippen LogP contribution in [-0.4, -0.2) is 36.3 Å². The maximum Gasteiger partial charge on any atom is 0.356 e. The number of hydrogen-bond acceptors (Lipinski definition) is 5. The van der Waals surface area contributed by atoms with Crippen LogP contribution in [-0.2, 0) is 0 Å². The van der Waals surface area contributed by atoms with Gasteiger partial charge in [-0.1, -0.05) is 11.8 Å². The molecule has 25 heavy (non-hydrogen) atoms. The molecule has 7 heteroatoms. The van der Waals surface area contributed by atoms with Crippen LogP contribution in [0.3, 0.4) is 0 Å². The molecule has 0 radical (unpaired) electrons. The molecule has 5 nitrogen and oxygen atoms in total. The fourth-order valence-corrected chi connectivity index (χ4v) is 2.70. The number of halogens is 1. The predicted molar refractivity (Wildman–Crippen MR) is 95.4 cm³/mol. The molecule has 0 unspecified atom stereocenters. The van der Waals surface area contributed by atoms with Crippen LogP contribution in [0.4, 0.5) is 4.39 Å². The summed E-state index contributed by atoms with van der Waals surface area (Å²) in [5.74, 6) is 4.25. The average molecular weight is 360 g/mol. The lowest BCUT2D eigenvalue weighted by atomic mass is 10.2. The highest BCUT2D eigenvalue weighted by molar-refractivity contribution is 7.10. The predicted octanol–water partition coefficient (Wildman–Crippen LogP) is 3.03. The quantitative estimate of drug-likeness (QED) is 0.775. The fraction of sp³-hybridized carbons (Fsp3) is 0.222. The van der Waals surface area contributed by atoms with Crippen LogP contribution in [0.15, 0.2) is 29.3 Å². The summed E-state index contributed by atoms with van der Waals surface area (Å²) < 4.78 is 19.5. The van der Waals surface area contributed by atoms with Crippen LogP contribution in [0.2, 0.25) is 0 Å². The monoisotopic (exact) mass is 360 g/mol. The van der Waals surface area contributed by atoms with Gasteiger partial charge in [-0.15, -0.1) is 11.3 Å². The Labute approximate surface area is 149 Å². The zero-order valence-corrected chi connectivity index (χ0v) is 14.6. The number of aromatic carboxylic acids is 1. The second kappa shape index (κ2) is 8.97. The van der Waals surface area contributed by atoms with E-state index in [1.54, 1.807) is 26.1 Å². The Balaban J connectivity index is 2.03. The summed E-state index contributed by atoms with van der Waals surface area (Å²) in [7, 11) is 1.79. The van der Waals surface area contributed by atoms with Gasteiger partial charge in [0, 0.05) is 5.56 Å². The van der Waals surface area contributed by atoms with E-state index in [4.69, 9.17) is 9.84 Å². The van der Waals surface area contributed by atoms with Crippen LogP contribution >= 0.6 is 11.3 Å². The van der Waals surface area contributed by atoms with E-state index in [-0.39, 0.29) is 18.1 Å². The van der Waals surface area contributed by atoms with Crippen LogP contribution in [0.25, 0.3) is 6.08 Å². The number of rotatable bonds is 6. The number of nitrogens with zero attached hydrogens (tertiary/aromatic N) is 1. The maximum atomic E-state index is 14.0. The second-order valence-electron chi connectivity index (χ2n) is 5.13. The third-order valence-electron chi connectivity index (χ3n) is 3.06. The number of carboxylic acid groups (broad SMARTS) is 1. The van der Waals surface area contributed by atoms with E-state index in [0.717, 1.165) is 5.57 Å². The van der Waals surface area contributed by atoms with Crippen molar-refractivity contribution in [3.63, 3.8) is 0 Å². The van der Waals surface area contributed by atoms with Gasteiger partial charge in [-0.2, -0.15) is 0 Å². The molecule has 0 fully saturated rings. The smallest absolute Gasteiger partial charge is 0.356 e. The largest absolute Gasteiger partial charge is 0.486 e. The van der Waals surface area contributed by atoms with Crippen LogP contribution in [0.1, 0.15) is 27.9 Å². The lowest BCUT2D eigenvalue weighted by molar-refractivity contribution is 0.0691. The Hall–Kier alpha value is -2.69. The molecule has 0 aliphatic heterocycles. The summed E-state index contributed by atoms with van der Waals surface area (Å²) in [5.41, 5.74) is 2.80. The molecule has 1 aromatic carbocycles. The molecule has 2 aromatic rings. The highest BCUT2D eigenvalue weighted by Gasteiger charge is 2.12. The molecular weight excluding hydrogens is 343 g/mol. The fourth-order valence-electron chi connectivity index (χ4n) is 1.91. The van der Waals surface area contributed by atoms with Gasteiger partial charge >= 0.3 is 5.97 Å². The Bertz CT molecular complexity index is 849. The number of carbonyl (C=O) groups is 1. The number of thiazole rings is 1. The van der Waals surface area contributed by atoms with E-state index in [1.807, 2.05) is 0 Å². The minimum Gasteiger partial charge on any atom is -0.486 e. The first-order valence-electron chi connectivity index (χ1n) is 7.41. The van der Waals surface area contributed by atoms with Crippen LogP contribution < -0.4 is 10.1 Å². The van der Waals surface area contributed by atoms with Crippen molar-refractivity contribution in [3.05, 3.63) is 51.2 Å². The summed E-state index contributed by atoms with van der Waals surface area (Å²) in [4.78, 5) is 15.4. The van der Waals surface area contributed by atoms with Crippen molar-refractivity contribution >= 4 is 23.4 Å². The van der Waals surface area contributed by atoms with Gasteiger partial charge < -0.3 is 15.2 Å². The molecule has 0 saturated carbocycles. The normalized spacial score (nSPS) is 10.9. The van der Waals surface area contributed by atoms with E-state index in [2.05, 4.69) is 22.1 Å². The SMILES string of the molecule is CNCC#Cc1ccc(OC/C(C)=C/c2scnc2C(=O)O)c(F)c1. The van der Waals surface area contributed by atoms with Crippen LogP contribution in [0, 0.1) is 17.7 Å². The third kappa shape index (κ3) is 5.41. The highest BCUT2D eigenvalue weighted by Crippen LogP contribution is 2.21. The molecular formula is C18H17FN2O3S. The summed E-state index contributed by atoms with van der Waals surface area (Å²) >= 11 is 1.22. The molecule has 0 saturated heterocycles. The van der Waals surface area contributed by atoms with Gasteiger partial charge in [0.1, 0.15) is 6.61 Å². The molecule has 2 rings (SSSR count). The van der Waals surface area contributed by atoms with Crippen molar-refractivity contribution in [2.24, 2.45) is 0 Å². The molecule has 0 atom stereocenters. The minimum atomic E-state index is -1.08. The van der Waals surface area contributed by atoms with Gasteiger partial charge in [-0.3, -0.25) is 0 Å². The summed E-state index contributed by atoms with van der Waals surface area (Å²) in [5, 5.41) is 11.9. The van der Waals surface area contributed by atoms with Crippen molar-refractivity contribution in [1.82, 2.24) is 10.3 Å². The molecule has 0 aliphatic carbocycles. The van der Waals surface area contributed by atoms with Crippen molar-refractivity contribution in [3.8, 4) is 17.6 Å². The van der Waals surface area contributed by atoms with Crippen molar-refractivity contribution in [2.75, 3.05) is 20.2 Å². The van der Waals surface area contributed by atoms with Crippen molar-refractivity contribution in [2.45, 2.75) is 6.92 Å². The van der Waals surface area contributed by atoms with Gasteiger partial charge in [-0.25, -0.2) is 14.2 Å². The molecule has 0 bridgehead atoms. The average Bonchev–Trinajstić information content (AvgIpc) is 3.02. The van der Waals surface area contributed by atoms with Gasteiger partial charge in [0.05, 0.1) is 16.9 Å². The van der Waals surface area contributed by atoms with Crippen molar-refractivity contribution < 1.29 is 19.0 Å². The Morgan fingerprint density at radius 1 is 1.52 bits per heavy atom. The zero-order chi connectivity index (χ0) is 18.2. The number of benzene rings is 1. The summed E-state index contributed by atoms with van der Waals surface area (Å²) in [6, 6.07) is 4.54. The number of aromatic nitrogens is 1. The van der Waals surface area contributed by atoms with E-state index in [9.17, 15) is 9.18 Å². The number of hydrogen-bond donors (Lipinski definition) is 2. The lowest BCUT2D eigenvalue weighted by Crippen LogP contribution is -2.04. The minimum absolute atomic E-state index is 0.0000249. The van der Waals surface area contributed by atoms with E-state index in [1.165, 1.54) is 29.0 Å². The number of ether oxygens (including phenoxy) is 1. The van der Waals surface area contributed by atoms with Gasteiger partial charge in [-0.05, 0) is 43.8 Å². The first kappa shape index (κ1) is 18.6. The molecule has 1 heterocycles. The molecule has 0 aliphatic rings. The highest BCUT2D eigenvalue weighted by atomic mass is 32.1. The Morgan fingerprint density at radius 2 is 2.32 bits per heavy atom. The third-order valence-corrected chi connectivity index (χ3v) is 3.84. The lowest BCUT2D eigenvalue weighted by Gasteiger charge is -2.08. The number of carboxylic acids is 1. The van der Waals surface area contributed by atoms with Crippen LogP contribution in [0.5, 0.6) is 5.75 Å². The van der Waals surface area contributed by atoms with Gasteiger partial charge in [0.15, 0.2) is 17.3 Å². The molecule has 1 aromatic heterocycles. The Kier molecular flexibility index (Phi) is 6.69. The first-order chi connectivity index (χ1) is 12.0. The topological polar surface area (TPSA) is 71.5 Å². The van der Waals surface area contributed by atoms with E-state index < -0.39 is 11.8 Å². The molecule has 0 amide bonds. The second-order valence-corrected chi connectivity index (χ2v) is 6.01. The summed E-state index contributed by atoms with van der Waals surface area (Å²) in [6.45, 7) is 2.44. The maximum absolute atomic E-state index is 14.0. The zero-order valence-electron chi connectivity index (χ0n) is 13.8. The Morgan fingerprint density at radius 3 is 3.00 bits per heavy atom. The summed E-state index contributed by atoms with van der Waals surface area (Å²) in [6.07, 6.45) is 1.68. The van der Waals surface area contributed by atoms with E-state index >= 15 is 0 Å². The molecule has 0 spiro atoms. The number of nitrogens with one attached hydrogen (secondary N) is 1. The van der Waals surface area contributed by atoms with Gasteiger partial charge in [0.25, 0.3) is 0 Å². The first-order valence-corrected chi connectivity index (χ1v) is 8.29. The van der Waals surface area contributed by atoms with E-state index in [0.29, 0.717) is 17.0 Å². The van der Waals surface area contributed by atoms with Gasteiger partial charge in [0.2, 0.25) is 0 Å².